The quantitative estimate of drug-likeness (QED) is 0.227. The summed E-state index contributed by atoms with van der Waals surface area (Å²) in [6.07, 6.45) is 1.97. The largest absolute Gasteiger partial charge is 0.414 e. The fourth-order valence-electron chi connectivity index (χ4n) is 4.04. The highest BCUT2D eigenvalue weighted by molar-refractivity contribution is 7.92. The summed E-state index contributed by atoms with van der Waals surface area (Å²) in [4.78, 5) is 8.78. The van der Waals surface area contributed by atoms with Crippen molar-refractivity contribution in [1.29, 1.82) is 0 Å². The third kappa shape index (κ3) is 6.32. The van der Waals surface area contributed by atoms with E-state index in [1.165, 1.54) is 30.5 Å². The number of aromatic nitrogens is 4. The first kappa shape index (κ1) is 29.2. The zero-order valence-corrected chi connectivity index (χ0v) is 22.8. The molecule has 0 radical (unpaired) electrons. The number of hydrogen-bond donors (Lipinski definition) is 3. The van der Waals surface area contributed by atoms with E-state index in [9.17, 15) is 22.3 Å². The van der Waals surface area contributed by atoms with Crippen LogP contribution < -0.4 is 11.1 Å². The lowest BCUT2D eigenvalue weighted by molar-refractivity contribution is 0.284. The smallest absolute Gasteiger partial charge is 0.270 e. The number of nitrogens with one attached hydrogen (secondary N) is 1. The van der Waals surface area contributed by atoms with Crippen molar-refractivity contribution < 1.29 is 26.7 Å². The lowest BCUT2D eigenvalue weighted by Crippen LogP contribution is -2.27. The minimum atomic E-state index is -3.61. The van der Waals surface area contributed by atoms with Crippen LogP contribution in [0.25, 0.3) is 34.3 Å². The molecular formula is C27H30F2N6O4S. The van der Waals surface area contributed by atoms with Crippen molar-refractivity contribution in [3.63, 3.8) is 0 Å². The standard InChI is InChI=1S/C27H30F2N6O4S/c1-3-19(10-11-36)40(37,38)20-7-5-18(6-8-20)23-15-32-25(30)24(33-23)27-35-34-26(39-27)21-9-4-17(12-22(21)29)14-31-16(2)13-28/h4-9,12,15-16,19,31,36H,3,10-11,13-14H2,1-2H3,(H2,30,32). The van der Waals surface area contributed by atoms with Gasteiger partial charge in [-0.25, -0.2) is 27.2 Å². The van der Waals surface area contributed by atoms with Gasteiger partial charge >= 0.3 is 0 Å². The first-order valence-electron chi connectivity index (χ1n) is 12.7. The fraction of sp³-hybridized carbons (Fsp3) is 0.333. The zero-order chi connectivity index (χ0) is 28.9. The number of anilines is 1. The Labute approximate surface area is 230 Å². The molecule has 0 saturated carbocycles. The average Bonchev–Trinajstić information content (AvgIpc) is 3.44. The molecular weight excluding hydrogens is 542 g/mol. The molecule has 2 aromatic heterocycles. The van der Waals surface area contributed by atoms with E-state index in [2.05, 4.69) is 25.5 Å². The third-order valence-corrected chi connectivity index (χ3v) is 8.78. The molecule has 0 bridgehead atoms. The summed E-state index contributed by atoms with van der Waals surface area (Å²) in [7, 11) is -3.61. The van der Waals surface area contributed by atoms with Gasteiger partial charge in [0, 0.05) is 24.8 Å². The molecule has 0 aliphatic carbocycles. The van der Waals surface area contributed by atoms with Gasteiger partial charge in [0.05, 0.1) is 27.6 Å². The Bertz CT molecular complexity index is 1560. The van der Waals surface area contributed by atoms with Crippen molar-refractivity contribution in [1.82, 2.24) is 25.5 Å². The van der Waals surface area contributed by atoms with E-state index in [0.29, 0.717) is 29.8 Å². The number of aliphatic hydroxyl groups is 1. The number of hydrogen-bond acceptors (Lipinski definition) is 10. The molecule has 212 valence electrons. The summed E-state index contributed by atoms with van der Waals surface area (Å²) in [5.41, 5.74) is 7.75. The van der Waals surface area contributed by atoms with Crippen LogP contribution in [0, 0.1) is 5.82 Å². The molecule has 0 spiro atoms. The highest BCUT2D eigenvalue weighted by Crippen LogP contribution is 2.30. The number of benzene rings is 2. The van der Waals surface area contributed by atoms with E-state index in [1.807, 2.05) is 0 Å². The second kappa shape index (κ2) is 12.6. The number of alkyl halides is 1. The molecule has 10 nitrogen and oxygen atoms in total. The van der Waals surface area contributed by atoms with Crippen LogP contribution in [-0.4, -0.2) is 58.3 Å². The summed E-state index contributed by atoms with van der Waals surface area (Å²) in [5.74, 6) is -0.734. The predicted molar refractivity (Wildman–Crippen MR) is 146 cm³/mol. The number of rotatable bonds is 12. The number of nitrogens with two attached hydrogens (primary N) is 1. The van der Waals surface area contributed by atoms with E-state index < -0.39 is 27.6 Å². The van der Waals surface area contributed by atoms with Crippen molar-refractivity contribution >= 4 is 15.7 Å². The normalized spacial score (nSPS) is 13.3. The first-order valence-corrected chi connectivity index (χ1v) is 14.2. The van der Waals surface area contributed by atoms with Crippen molar-refractivity contribution in [2.75, 3.05) is 19.0 Å². The molecule has 0 aliphatic rings. The molecule has 13 heteroatoms. The first-order chi connectivity index (χ1) is 19.2. The van der Waals surface area contributed by atoms with E-state index in [0.717, 1.165) is 0 Å². The number of sulfone groups is 1. The van der Waals surface area contributed by atoms with Gasteiger partial charge in [-0.1, -0.05) is 25.1 Å². The van der Waals surface area contributed by atoms with Crippen molar-refractivity contribution in [3.05, 3.63) is 60.0 Å². The minimum Gasteiger partial charge on any atom is -0.414 e. The van der Waals surface area contributed by atoms with E-state index >= 15 is 0 Å². The second-order valence-corrected chi connectivity index (χ2v) is 11.5. The number of nitrogens with zero attached hydrogens (tertiary/aromatic N) is 4. The van der Waals surface area contributed by atoms with Crippen molar-refractivity contribution in [2.45, 2.75) is 49.4 Å². The molecule has 0 fully saturated rings. The maximum atomic E-state index is 14.8. The molecule has 4 aromatic rings. The van der Waals surface area contributed by atoms with Crippen LogP contribution in [0.3, 0.4) is 0 Å². The Morgan fingerprint density at radius 3 is 2.50 bits per heavy atom. The van der Waals surface area contributed by atoms with Crippen LogP contribution in [0.2, 0.25) is 0 Å². The Kier molecular flexibility index (Phi) is 9.17. The van der Waals surface area contributed by atoms with Gasteiger partial charge in [0.1, 0.15) is 12.5 Å². The lowest BCUT2D eigenvalue weighted by Gasteiger charge is -2.15. The maximum absolute atomic E-state index is 14.8. The maximum Gasteiger partial charge on any atom is 0.270 e. The van der Waals surface area contributed by atoms with Crippen LogP contribution in [0.1, 0.15) is 32.3 Å². The molecule has 2 heterocycles. The Balaban J connectivity index is 1.57. The highest BCUT2D eigenvalue weighted by atomic mass is 32.2. The minimum absolute atomic E-state index is 0.0109. The van der Waals surface area contributed by atoms with E-state index in [-0.39, 0.29) is 52.8 Å². The van der Waals surface area contributed by atoms with Crippen molar-refractivity contribution in [2.24, 2.45) is 0 Å². The average molecular weight is 573 g/mol. The van der Waals surface area contributed by atoms with Gasteiger partial charge in [0.15, 0.2) is 21.3 Å². The number of nitrogen functional groups attached to an aromatic ring is 1. The van der Waals surface area contributed by atoms with Crippen molar-refractivity contribution in [3.8, 4) is 34.3 Å². The van der Waals surface area contributed by atoms with Crippen LogP contribution in [0.4, 0.5) is 14.6 Å². The molecule has 2 aromatic carbocycles. The molecule has 2 atom stereocenters. The van der Waals surface area contributed by atoms with E-state index in [4.69, 9.17) is 10.2 Å². The predicted octanol–water partition coefficient (Wildman–Crippen LogP) is 3.96. The molecule has 40 heavy (non-hydrogen) atoms. The fourth-order valence-corrected chi connectivity index (χ4v) is 5.80. The van der Waals surface area contributed by atoms with Gasteiger partial charge in [-0.15, -0.1) is 10.2 Å². The Hall–Kier alpha value is -3.81. The third-order valence-electron chi connectivity index (χ3n) is 6.40. The SMILES string of the molecule is CCC(CCO)S(=O)(=O)c1ccc(-c2cnc(N)c(-c3nnc(-c4ccc(CNC(C)CF)cc4F)o3)n2)cc1. The van der Waals surface area contributed by atoms with Crippen LogP contribution in [0.5, 0.6) is 0 Å². The van der Waals surface area contributed by atoms with E-state index in [1.54, 1.807) is 32.0 Å². The Morgan fingerprint density at radius 1 is 1.12 bits per heavy atom. The lowest BCUT2D eigenvalue weighted by atomic mass is 10.1. The monoisotopic (exact) mass is 572 g/mol. The van der Waals surface area contributed by atoms with Gasteiger partial charge in [0.2, 0.25) is 0 Å². The summed E-state index contributed by atoms with van der Waals surface area (Å²) in [6.45, 7) is 3.00. The molecule has 2 unspecified atom stereocenters. The molecule has 4 N–H and O–H groups in total. The molecule has 0 amide bonds. The van der Waals surface area contributed by atoms with Crippen LogP contribution >= 0.6 is 0 Å². The molecule has 0 aliphatic heterocycles. The number of aliphatic hydroxyl groups excluding tert-OH is 1. The summed E-state index contributed by atoms with van der Waals surface area (Å²) < 4.78 is 58.9. The summed E-state index contributed by atoms with van der Waals surface area (Å²) in [5, 5.41) is 19.4. The summed E-state index contributed by atoms with van der Waals surface area (Å²) in [6, 6.07) is 10.3. The van der Waals surface area contributed by atoms with Gasteiger partial charge in [-0.2, -0.15) is 0 Å². The van der Waals surface area contributed by atoms with Gasteiger partial charge in [0.25, 0.3) is 11.8 Å². The Morgan fingerprint density at radius 2 is 1.85 bits per heavy atom. The van der Waals surface area contributed by atoms with Gasteiger partial charge in [-0.05, 0) is 49.6 Å². The van der Waals surface area contributed by atoms with Gasteiger partial charge in [-0.3, -0.25) is 0 Å². The van der Waals surface area contributed by atoms with Crippen LogP contribution in [0.15, 0.2) is 58.0 Å². The topological polar surface area (TPSA) is 157 Å². The van der Waals surface area contributed by atoms with Crippen LogP contribution in [-0.2, 0) is 16.4 Å². The summed E-state index contributed by atoms with van der Waals surface area (Å²) >= 11 is 0. The molecule has 4 rings (SSSR count). The van der Waals surface area contributed by atoms with Gasteiger partial charge < -0.3 is 20.6 Å². The molecule has 0 saturated heterocycles. The highest BCUT2D eigenvalue weighted by Gasteiger charge is 2.26. The zero-order valence-electron chi connectivity index (χ0n) is 22.0. The second-order valence-electron chi connectivity index (χ2n) is 9.26. The number of halogens is 2.